The van der Waals surface area contributed by atoms with E-state index in [2.05, 4.69) is 27.5 Å². The fourth-order valence-electron chi connectivity index (χ4n) is 3.10. The summed E-state index contributed by atoms with van der Waals surface area (Å²) in [4.78, 5) is 7.40. The third kappa shape index (κ3) is 5.57. The predicted octanol–water partition coefficient (Wildman–Crippen LogP) is 5.59. The smallest absolute Gasteiger partial charge is 0.266 e. The molecule has 1 heterocycles. The summed E-state index contributed by atoms with van der Waals surface area (Å²) in [7, 11) is 0. The molecule has 3 aromatic rings. The number of nitrogens with zero attached hydrogens (tertiary/aromatic N) is 1. The Kier molecular flexibility index (Phi) is 7.82. The van der Waals surface area contributed by atoms with Crippen LogP contribution >= 0.6 is 24.4 Å². The third-order valence-corrected chi connectivity index (χ3v) is 5.37. The number of rotatable bonds is 9. The van der Waals surface area contributed by atoms with E-state index in [4.69, 9.17) is 11.6 Å². The van der Waals surface area contributed by atoms with E-state index in [1.165, 1.54) is 12.3 Å². The number of aliphatic hydroxyl groups is 1. The van der Waals surface area contributed by atoms with Crippen molar-refractivity contribution in [1.29, 1.82) is 0 Å². The molecule has 9 heteroatoms. The van der Waals surface area contributed by atoms with Gasteiger partial charge in [0.1, 0.15) is 11.6 Å². The lowest BCUT2D eigenvalue weighted by Gasteiger charge is -2.11. The van der Waals surface area contributed by atoms with Crippen LogP contribution < -0.4 is 4.72 Å². The highest BCUT2D eigenvalue weighted by atomic mass is 35.5. The van der Waals surface area contributed by atoms with Gasteiger partial charge in [0.25, 0.3) is 6.43 Å². The van der Waals surface area contributed by atoms with Crippen molar-refractivity contribution in [2.24, 2.45) is 0 Å². The van der Waals surface area contributed by atoms with E-state index >= 15 is 0 Å². The number of aromatic amines is 1. The zero-order chi connectivity index (χ0) is 21.7. The Bertz CT molecular complexity index is 999. The van der Waals surface area contributed by atoms with Crippen LogP contribution in [0.25, 0.3) is 22.6 Å². The topological polar surface area (TPSA) is 60.9 Å². The lowest BCUT2D eigenvalue weighted by Crippen LogP contribution is -2.14. The SMILES string of the molecule is OC(CCNS)CCc1cc(-c2ncc(-c3ccc(F)c(C(F)F)c3)[nH]2)ccc1Cl. The molecule has 1 atom stereocenters. The van der Waals surface area contributed by atoms with Gasteiger partial charge in [0, 0.05) is 22.7 Å². The van der Waals surface area contributed by atoms with Crippen molar-refractivity contribution in [1.82, 2.24) is 14.7 Å². The van der Waals surface area contributed by atoms with Crippen LogP contribution in [0.5, 0.6) is 0 Å². The average molecular weight is 456 g/mol. The van der Waals surface area contributed by atoms with Crippen molar-refractivity contribution in [2.75, 3.05) is 6.54 Å². The van der Waals surface area contributed by atoms with Crippen molar-refractivity contribution >= 4 is 24.4 Å². The fraction of sp³-hybridized carbons (Fsp3) is 0.286. The summed E-state index contributed by atoms with van der Waals surface area (Å²) in [6.07, 6.45) is -0.134. The van der Waals surface area contributed by atoms with Gasteiger partial charge in [-0.1, -0.05) is 24.4 Å². The largest absolute Gasteiger partial charge is 0.393 e. The molecule has 0 radical (unpaired) electrons. The van der Waals surface area contributed by atoms with Gasteiger partial charge in [0.15, 0.2) is 0 Å². The molecule has 3 rings (SSSR count). The van der Waals surface area contributed by atoms with Gasteiger partial charge in [-0.3, -0.25) is 4.72 Å². The van der Waals surface area contributed by atoms with Crippen LogP contribution in [0.1, 0.15) is 30.4 Å². The van der Waals surface area contributed by atoms with Gasteiger partial charge in [-0.05, 0) is 61.2 Å². The number of halogens is 4. The molecular formula is C21H21ClF3N3OS. The van der Waals surface area contributed by atoms with Gasteiger partial charge in [0.2, 0.25) is 0 Å². The van der Waals surface area contributed by atoms with Crippen LogP contribution in [0.3, 0.4) is 0 Å². The Morgan fingerprint density at radius 2 is 1.90 bits per heavy atom. The number of aryl methyl sites for hydroxylation is 1. The number of nitrogens with one attached hydrogen (secondary N) is 2. The Morgan fingerprint density at radius 3 is 2.63 bits per heavy atom. The van der Waals surface area contributed by atoms with Crippen LogP contribution in [-0.2, 0) is 6.42 Å². The normalized spacial score (nSPS) is 12.5. The van der Waals surface area contributed by atoms with E-state index in [1.807, 2.05) is 6.07 Å². The second-order valence-electron chi connectivity index (χ2n) is 6.88. The lowest BCUT2D eigenvalue weighted by molar-refractivity contribution is 0.146. The Balaban J connectivity index is 1.79. The Morgan fingerprint density at radius 1 is 1.13 bits per heavy atom. The maximum absolute atomic E-state index is 13.5. The van der Waals surface area contributed by atoms with E-state index in [1.54, 1.807) is 12.1 Å². The molecule has 1 unspecified atom stereocenters. The van der Waals surface area contributed by atoms with Gasteiger partial charge in [-0.15, -0.1) is 0 Å². The van der Waals surface area contributed by atoms with E-state index in [9.17, 15) is 18.3 Å². The van der Waals surface area contributed by atoms with Crippen molar-refractivity contribution in [3.63, 3.8) is 0 Å². The van der Waals surface area contributed by atoms with Gasteiger partial charge < -0.3 is 10.1 Å². The monoisotopic (exact) mass is 455 g/mol. The summed E-state index contributed by atoms with van der Waals surface area (Å²) in [6.45, 7) is 0.601. The molecule has 0 aliphatic heterocycles. The first-order valence-corrected chi connectivity index (χ1v) is 10.2. The Hall–Kier alpha value is -2.00. The highest BCUT2D eigenvalue weighted by Gasteiger charge is 2.16. The van der Waals surface area contributed by atoms with E-state index in [0.29, 0.717) is 47.9 Å². The quantitative estimate of drug-likeness (QED) is 0.318. The highest BCUT2D eigenvalue weighted by Crippen LogP contribution is 2.30. The minimum atomic E-state index is -2.90. The summed E-state index contributed by atoms with van der Waals surface area (Å²) in [6, 6.07) is 8.99. The van der Waals surface area contributed by atoms with Crippen LogP contribution in [0, 0.1) is 5.82 Å². The second-order valence-corrected chi connectivity index (χ2v) is 7.60. The number of alkyl halides is 2. The molecule has 0 bridgehead atoms. The van der Waals surface area contributed by atoms with Crippen LogP contribution in [0.4, 0.5) is 13.2 Å². The van der Waals surface area contributed by atoms with Gasteiger partial charge in [-0.25, -0.2) is 18.2 Å². The molecule has 3 N–H and O–H groups in total. The first-order valence-electron chi connectivity index (χ1n) is 9.36. The minimum absolute atomic E-state index is 0.417. The van der Waals surface area contributed by atoms with Crippen LogP contribution in [-0.4, -0.2) is 27.7 Å². The molecule has 0 saturated carbocycles. The molecule has 2 aromatic carbocycles. The van der Waals surface area contributed by atoms with Gasteiger partial charge >= 0.3 is 0 Å². The molecule has 4 nitrogen and oxygen atoms in total. The number of benzene rings is 2. The molecule has 0 spiro atoms. The number of aromatic nitrogens is 2. The van der Waals surface area contributed by atoms with Crippen molar-refractivity contribution in [2.45, 2.75) is 31.8 Å². The summed E-state index contributed by atoms with van der Waals surface area (Å²) < 4.78 is 42.2. The molecule has 0 aliphatic rings. The number of hydrogen-bond donors (Lipinski definition) is 4. The fourth-order valence-corrected chi connectivity index (χ4v) is 3.45. The van der Waals surface area contributed by atoms with Crippen molar-refractivity contribution in [3.8, 4) is 22.6 Å². The van der Waals surface area contributed by atoms with Crippen molar-refractivity contribution in [3.05, 3.63) is 64.6 Å². The zero-order valence-corrected chi connectivity index (χ0v) is 17.5. The van der Waals surface area contributed by atoms with Gasteiger partial charge in [0.05, 0.1) is 23.6 Å². The minimum Gasteiger partial charge on any atom is -0.393 e. The van der Waals surface area contributed by atoms with E-state index < -0.39 is 23.9 Å². The summed E-state index contributed by atoms with van der Waals surface area (Å²) in [5.41, 5.74) is 1.90. The number of aliphatic hydroxyl groups excluding tert-OH is 1. The molecular weight excluding hydrogens is 435 g/mol. The summed E-state index contributed by atoms with van der Waals surface area (Å²) >= 11 is 10.2. The zero-order valence-electron chi connectivity index (χ0n) is 15.9. The molecule has 0 saturated heterocycles. The van der Waals surface area contributed by atoms with Crippen molar-refractivity contribution < 1.29 is 18.3 Å². The van der Waals surface area contributed by atoms with Crippen LogP contribution in [0.15, 0.2) is 42.6 Å². The molecule has 0 aliphatic carbocycles. The average Bonchev–Trinajstić information content (AvgIpc) is 3.22. The molecule has 0 amide bonds. The first-order chi connectivity index (χ1) is 14.4. The summed E-state index contributed by atoms with van der Waals surface area (Å²) in [5, 5.41) is 10.6. The van der Waals surface area contributed by atoms with Crippen LogP contribution in [0.2, 0.25) is 5.02 Å². The van der Waals surface area contributed by atoms with Gasteiger partial charge in [-0.2, -0.15) is 0 Å². The molecule has 1 aromatic heterocycles. The molecule has 160 valence electrons. The Labute approximate surface area is 183 Å². The number of thiol groups is 1. The number of H-pyrrole nitrogens is 1. The van der Waals surface area contributed by atoms with E-state index in [-0.39, 0.29) is 0 Å². The lowest BCUT2D eigenvalue weighted by atomic mass is 10.0. The van der Waals surface area contributed by atoms with E-state index in [0.717, 1.165) is 23.3 Å². The molecule has 0 fully saturated rings. The maximum Gasteiger partial charge on any atom is 0.266 e. The number of hydrogen-bond acceptors (Lipinski definition) is 4. The first kappa shape index (κ1) is 22.7. The number of imidazole rings is 1. The molecule has 30 heavy (non-hydrogen) atoms. The predicted molar refractivity (Wildman–Crippen MR) is 115 cm³/mol. The standard InChI is InChI=1S/C21H21ClF3N3OS/c22-17-5-2-14(9-12(17)1-4-15(29)7-8-27-30)21-26-11-19(28-21)13-3-6-18(23)16(10-13)20(24)25/h2-3,5-6,9-11,15,20,27,29-30H,1,4,7-8H2,(H,26,28). The third-order valence-electron chi connectivity index (χ3n) is 4.77. The summed E-state index contributed by atoms with van der Waals surface area (Å²) in [5.74, 6) is -0.408. The maximum atomic E-state index is 13.5. The second kappa shape index (κ2) is 10.3. The highest BCUT2D eigenvalue weighted by molar-refractivity contribution is 7.78.